The second-order valence-corrected chi connectivity index (χ2v) is 5.61. The van der Waals surface area contributed by atoms with Gasteiger partial charge in [-0.25, -0.2) is 0 Å². The van der Waals surface area contributed by atoms with Crippen molar-refractivity contribution in [2.45, 2.75) is 18.3 Å². The van der Waals surface area contributed by atoms with Crippen molar-refractivity contribution in [1.82, 2.24) is 10.2 Å². The van der Waals surface area contributed by atoms with Crippen LogP contribution < -0.4 is 5.32 Å². The number of aliphatic hydroxyl groups is 1. The van der Waals surface area contributed by atoms with E-state index in [1.54, 1.807) is 0 Å². The summed E-state index contributed by atoms with van der Waals surface area (Å²) in [4.78, 5) is 2.19. The van der Waals surface area contributed by atoms with E-state index in [-0.39, 0.29) is 6.17 Å². The van der Waals surface area contributed by atoms with E-state index in [4.69, 9.17) is 0 Å². The smallest absolute Gasteiger partial charge is 0.150 e. The minimum absolute atomic E-state index is 0.116. The maximum absolute atomic E-state index is 11.3. The lowest BCUT2D eigenvalue weighted by molar-refractivity contribution is -0.134. The van der Waals surface area contributed by atoms with Crippen LogP contribution in [-0.2, 0) is 12.1 Å². The summed E-state index contributed by atoms with van der Waals surface area (Å²) in [6.07, 6.45) is 0.760. The predicted molar refractivity (Wildman–Crippen MR) is 77.9 cm³/mol. The van der Waals surface area contributed by atoms with Crippen LogP contribution in [0.25, 0.3) is 0 Å². The van der Waals surface area contributed by atoms with Gasteiger partial charge in [0.25, 0.3) is 0 Å². The Morgan fingerprint density at radius 3 is 2.65 bits per heavy atom. The zero-order chi connectivity index (χ0) is 13.6. The van der Waals surface area contributed by atoms with Crippen molar-refractivity contribution in [1.29, 1.82) is 0 Å². The molecular weight excluding hydrogens is 248 g/mol. The third kappa shape index (κ3) is 1.64. The Morgan fingerprint density at radius 2 is 1.80 bits per heavy atom. The van der Waals surface area contributed by atoms with Crippen molar-refractivity contribution in [2.75, 3.05) is 13.1 Å². The highest BCUT2D eigenvalue weighted by molar-refractivity contribution is 5.38. The van der Waals surface area contributed by atoms with E-state index in [1.165, 1.54) is 11.1 Å². The van der Waals surface area contributed by atoms with Crippen LogP contribution in [0.4, 0.5) is 0 Å². The lowest BCUT2D eigenvalue weighted by Gasteiger charge is -2.45. The minimum Gasteiger partial charge on any atom is -0.371 e. The molecule has 2 atom stereocenters. The Labute approximate surface area is 118 Å². The molecule has 1 fully saturated rings. The van der Waals surface area contributed by atoms with Gasteiger partial charge in [-0.15, -0.1) is 0 Å². The fourth-order valence-electron chi connectivity index (χ4n) is 3.54. The maximum atomic E-state index is 11.3. The van der Waals surface area contributed by atoms with Gasteiger partial charge in [0.2, 0.25) is 0 Å². The van der Waals surface area contributed by atoms with Crippen LogP contribution in [0.1, 0.15) is 22.9 Å². The van der Waals surface area contributed by atoms with Gasteiger partial charge in [-0.3, -0.25) is 10.2 Å². The summed E-state index contributed by atoms with van der Waals surface area (Å²) in [6, 6.07) is 18.4. The molecule has 3 nitrogen and oxygen atoms in total. The van der Waals surface area contributed by atoms with Crippen molar-refractivity contribution in [3.05, 3.63) is 71.3 Å². The SMILES string of the molecule is OC1(c2ccccc2)Cc2ccccc2C2NCCN21. The summed E-state index contributed by atoms with van der Waals surface area (Å²) in [7, 11) is 0. The van der Waals surface area contributed by atoms with Crippen molar-refractivity contribution < 1.29 is 5.11 Å². The fourth-order valence-corrected chi connectivity index (χ4v) is 3.54. The minimum atomic E-state index is -0.913. The van der Waals surface area contributed by atoms with E-state index in [1.807, 2.05) is 30.3 Å². The average molecular weight is 266 g/mol. The number of rotatable bonds is 1. The molecule has 102 valence electrons. The molecule has 0 radical (unpaired) electrons. The molecular formula is C17H18N2O. The molecule has 0 amide bonds. The van der Waals surface area contributed by atoms with Crippen molar-refractivity contribution in [3.63, 3.8) is 0 Å². The summed E-state index contributed by atoms with van der Waals surface area (Å²) in [5, 5.41) is 14.9. The van der Waals surface area contributed by atoms with Gasteiger partial charge >= 0.3 is 0 Å². The van der Waals surface area contributed by atoms with Gasteiger partial charge in [0.05, 0.1) is 6.17 Å². The highest BCUT2D eigenvalue weighted by Crippen LogP contribution is 2.43. The van der Waals surface area contributed by atoms with Crippen LogP contribution in [0, 0.1) is 0 Å². The second-order valence-electron chi connectivity index (χ2n) is 5.61. The van der Waals surface area contributed by atoms with Gasteiger partial charge in [-0.1, -0.05) is 54.6 Å². The Hall–Kier alpha value is -1.68. The summed E-state index contributed by atoms with van der Waals surface area (Å²) in [5.74, 6) is 0. The largest absolute Gasteiger partial charge is 0.371 e. The molecule has 0 spiro atoms. The van der Waals surface area contributed by atoms with E-state index >= 15 is 0 Å². The number of hydrogen-bond acceptors (Lipinski definition) is 3. The molecule has 20 heavy (non-hydrogen) atoms. The number of benzene rings is 2. The molecule has 2 aromatic carbocycles. The molecule has 2 unspecified atom stereocenters. The van der Waals surface area contributed by atoms with E-state index in [9.17, 15) is 5.11 Å². The first-order valence-electron chi connectivity index (χ1n) is 7.15. The Bertz CT molecular complexity index is 628. The monoisotopic (exact) mass is 266 g/mol. The van der Waals surface area contributed by atoms with Gasteiger partial charge in [-0.2, -0.15) is 0 Å². The zero-order valence-electron chi connectivity index (χ0n) is 11.3. The predicted octanol–water partition coefficient (Wildman–Crippen LogP) is 1.99. The molecule has 0 aromatic heterocycles. The lowest BCUT2D eigenvalue weighted by atomic mass is 9.85. The summed E-state index contributed by atoms with van der Waals surface area (Å²) >= 11 is 0. The lowest BCUT2D eigenvalue weighted by Crippen LogP contribution is -2.51. The normalized spacial score (nSPS) is 28.9. The molecule has 2 aliphatic heterocycles. The highest BCUT2D eigenvalue weighted by Gasteiger charge is 2.47. The Morgan fingerprint density at radius 1 is 1.05 bits per heavy atom. The summed E-state index contributed by atoms with van der Waals surface area (Å²) in [5.41, 5.74) is 2.59. The maximum Gasteiger partial charge on any atom is 0.150 e. The first-order valence-corrected chi connectivity index (χ1v) is 7.15. The fraction of sp³-hybridized carbons (Fsp3) is 0.294. The number of hydrogen-bond donors (Lipinski definition) is 2. The molecule has 2 aliphatic rings. The van der Waals surface area contributed by atoms with Crippen LogP contribution in [0.5, 0.6) is 0 Å². The number of fused-ring (bicyclic) bond motifs is 3. The molecule has 0 aliphatic carbocycles. The molecule has 2 aromatic rings. The van der Waals surface area contributed by atoms with Crippen LogP contribution in [0.15, 0.2) is 54.6 Å². The zero-order valence-corrected chi connectivity index (χ0v) is 11.3. The highest BCUT2D eigenvalue weighted by atomic mass is 16.3. The van der Waals surface area contributed by atoms with E-state index in [0.29, 0.717) is 6.42 Å². The molecule has 2 heterocycles. The van der Waals surface area contributed by atoms with E-state index in [0.717, 1.165) is 18.7 Å². The van der Waals surface area contributed by atoms with Crippen LogP contribution in [-0.4, -0.2) is 23.1 Å². The van der Waals surface area contributed by atoms with Crippen LogP contribution >= 0.6 is 0 Å². The standard InChI is InChI=1S/C17H18N2O/c20-17(14-7-2-1-3-8-14)12-13-6-4-5-9-15(13)16-18-10-11-19(16)17/h1-9,16,18,20H,10-12H2. The number of nitrogens with zero attached hydrogens (tertiary/aromatic N) is 1. The van der Waals surface area contributed by atoms with Gasteiger partial charge in [0, 0.05) is 19.5 Å². The molecule has 2 N–H and O–H groups in total. The van der Waals surface area contributed by atoms with Gasteiger partial charge in [0.1, 0.15) is 5.72 Å². The first kappa shape index (κ1) is 12.1. The Kier molecular flexibility index (Phi) is 2.67. The molecule has 1 saturated heterocycles. The van der Waals surface area contributed by atoms with E-state index < -0.39 is 5.72 Å². The van der Waals surface area contributed by atoms with Crippen molar-refractivity contribution in [3.8, 4) is 0 Å². The average Bonchev–Trinajstić information content (AvgIpc) is 2.99. The number of nitrogens with one attached hydrogen (secondary N) is 1. The summed E-state index contributed by atoms with van der Waals surface area (Å²) in [6.45, 7) is 1.78. The third-order valence-electron chi connectivity index (χ3n) is 4.50. The summed E-state index contributed by atoms with van der Waals surface area (Å²) < 4.78 is 0. The second kappa shape index (κ2) is 4.42. The molecule has 3 heteroatoms. The topological polar surface area (TPSA) is 35.5 Å². The molecule has 0 bridgehead atoms. The van der Waals surface area contributed by atoms with Crippen molar-refractivity contribution >= 4 is 0 Å². The Balaban J connectivity index is 1.86. The van der Waals surface area contributed by atoms with Gasteiger partial charge < -0.3 is 5.11 Å². The molecule has 4 rings (SSSR count). The van der Waals surface area contributed by atoms with Crippen molar-refractivity contribution in [2.24, 2.45) is 0 Å². The van der Waals surface area contributed by atoms with Crippen LogP contribution in [0.3, 0.4) is 0 Å². The molecule has 0 saturated carbocycles. The quantitative estimate of drug-likeness (QED) is 0.828. The third-order valence-corrected chi connectivity index (χ3v) is 4.50. The van der Waals surface area contributed by atoms with Gasteiger partial charge in [-0.05, 0) is 16.7 Å². The van der Waals surface area contributed by atoms with Gasteiger partial charge in [0.15, 0.2) is 0 Å². The van der Waals surface area contributed by atoms with E-state index in [2.05, 4.69) is 34.5 Å². The first-order chi connectivity index (χ1) is 9.79. The van der Waals surface area contributed by atoms with Crippen LogP contribution in [0.2, 0.25) is 0 Å².